The lowest BCUT2D eigenvalue weighted by molar-refractivity contribution is -0.643. The number of hydrogen-bond donors (Lipinski definition) is 0. The molecule has 4 aromatic rings. The highest BCUT2D eigenvalue weighted by atomic mass is 32.1. The highest BCUT2D eigenvalue weighted by Gasteiger charge is 2.16. The molecule has 0 radical (unpaired) electrons. The average molecular weight is 310 g/mol. The summed E-state index contributed by atoms with van der Waals surface area (Å²) in [6.07, 6.45) is 2.19. The predicted octanol–water partition coefficient (Wildman–Crippen LogP) is 4.05. The molecule has 0 aliphatic rings. The van der Waals surface area contributed by atoms with Gasteiger partial charge >= 0.3 is 0 Å². The van der Waals surface area contributed by atoms with Crippen molar-refractivity contribution < 1.29 is 14.0 Å². The molecule has 110 valence electrons. The van der Waals surface area contributed by atoms with E-state index in [9.17, 15) is 0 Å². The van der Waals surface area contributed by atoms with Gasteiger partial charge in [-0.3, -0.25) is 0 Å². The Balaban J connectivity index is 2.20. The third kappa shape index (κ3) is 1.84. The van der Waals surface area contributed by atoms with Crippen molar-refractivity contribution in [2.75, 3.05) is 14.2 Å². The monoisotopic (exact) mass is 310 g/mol. The Hall–Kier alpha value is -2.33. The number of fused-ring (bicyclic) bond motifs is 5. The minimum atomic E-state index is 0.875. The number of rotatable bonds is 2. The minimum absolute atomic E-state index is 0.875. The SMILES string of the molecule is COc1ccc2sc3c[n+](C)c4cc(OC)ccc4c3c2c1. The average Bonchev–Trinajstić information content (AvgIpc) is 2.91. The second-order valence-corrected chi connectivity index (χ2v) is 6.41. The Bertz CT molecular complexity index is 1020. The smallest absolute Gasteiger partial charge is 0.216 e. The molecule has 2 aromatic heterocycles. The molecule has 0 unspecified atom stereocenters. The van der Waals surface area contributed by atoms with Crippen LogP contribution < -0.4 is 14.0 Å². The molecule has 0 saturated heterocycles. The summed E-state index contributed by atoms with van der Waals surface area (Å²) in [6.45, 7) is 0. The molecule has 3 nitrogen and oxygen atoms in total. The standard InChI is InChI=1S/C18H16NO2S/c1-19-10-17-18(13-6-4-12(21-3)9-15(13)19)14-8-11(20-2)5-7-16(14)22-17/h4-10H,1-3H3/q+1. The maximum Gasteiger partial charge on any atom is 0.216 e. The summed E-state index contributed by atoms with van der Waals surface area (Å²) in [4.78, 5) is 0. The van der Waals surface area contributed by atoms with Crippen LogP contribution in [0.2, 0.25) is 0 Å². The van der Waals surface area contributed by atoms with Gasteiger partial charge in [0.2, 0.25) is 5.52 Å². The minimum Gasteiger partial charge on any atom is -0.497 e. The summed E-state index contributed by atoms with van der Waals surface area (Å²) in [5.74, 6) is 1.77. The van der Waals surface area contributed by atoms with E-state index >= 15 is 0 Å². The highest BCUT2D eigenvalue weighted by Crippen LogP contribution is 2.39. The lowest BCUT2D eigenvalue weighted by Gasteiger charge is -2.03. The van der Waals surface area contributed by atoms with Crippen LogP contribution in [0, 0.1) is 0 Å². The maximum atomic E-state index is 5.39. The van der Waals surface area contributed by atoms with E-state index in [1.165, 1.54) is 25.6 Å². The highest BCUT2D eigenvalue weighted by molar-refractivity contribution is 7.26. The lowest BCUT2D eigenvalue weighted by atomic mass is 10.1. The molecule has 0 aliphatic carbocycles. The van der Waals surface area contributed by atoms with Crippen LogP contribution in [0.25, 0.3) is 31.1 Å². The summed E-state index contributed by atoms with van der Waals surface area (Å²) >= 11 is 1.81. The quantitative estimate of drug-likeness (QED) is 0.521. The molecule has 2 heterocycles. The molecular formula is C18H16NO2S+. The van der Waals surface area contributed by atoms with Crippen LogP contribution in [0.15, 0.2) is 42.6 Å². The van der Waals surface area contributed by atoms with Gasteiger partial charge in [0.05, 0.1) is 25.7 Å². The van der Waals surface area contributed by atoms with E-state index in [1.54, 1.807) is 14.2 Å². The number of thiophene rings is 1. The fraction of sp³-hybridized carbons (Fsp3) is 0.167. The van der Waals surface area contributed by atoms with Gasteiger partial charge in [-0.1, -0.05) is 0 Å². The molecule has 0 spiro atoms. The Kier molecular flexibility index (Phi) is 2.94. The van der Waals surface area contributed by atoms with Crippen LogP contribution in [0.4, 0.5) is 0 Å². The van der Waals surface area contributed by atoms with Gasteiger partial charge < -0.3 is 9.47 Å². The van der Waals surface area contributed by atoms with Crippen molar-refractivity contribution in [1.82, 2.24) is 0 Å². The van der Waals surface area contributed by atoms with Gasteiger partial charge in [-0.15, -0.1) is 11.3 Å². The fourth-order valence-corrected chi connectivity index (χ4v) is 4.16. The van der Waals surface area contributed by atoms with E-state index in [0.29, 0.717) is 0 Å². The summed E-state index contributed by atoms with van der Waals surface area (Å²) in [5.41, 5.74) is 1.16. The molecule has 22 heavy (non-hydrogen) atoms. The van der Waals surface area contributed by atoms with Crippen LogP contribution in [0.3, 0.4) is 0 Å². The Morgan fingerprint density at radius 3 is 2.36 bits per heavy atom. The molecule has 4 rings (SSSR count). The van der Waals surface area contributed by atoms with E-state index in [2.05, 4.69) is 42.1 Å². The van der Waals surface area contributed by atoms with Crippen molar-refractivity contribution in [2.45, 2.75) is 0 Å². The molecule has 0 N–H and O–H groups in total. The van der Waals surface area contributed by atoms with E-state index in [0.717, 1.165) is 17.0 Å². The molecule has 0 fully saturated rings. The molecule has 4 heteroatoms. The number of aryl methyl sites for hydroxylation is 1. The number of ether oxygens (including phenoxy) is 2. The van der Waals surface area contributed by atoms with Gasteiger partial charge in [0, 0.05) is 15.5 Å². The van der Waals surface area contributed by atoms with Crippen LogP contribution in [-0.2, 0) is 7.05 Å². The third-order valence-corrected chi connectivity index (χ3v) is 5.19. The number of aromatic nitrogens is 1. The van der Waals surface area contributed by atoms with E-state index < -0.39 is 0 Å². The molecule has 0 aliphatic heterocycles. The van der Waals surface area contributed by atoms with Crippen molar-refractivity contribution in [3.8, 4) is 11.5 Å². The molecule has 2 aromatic carbocycles. The van der Waals surface area contributed by atoms with Gasteiger partial charge in [-0.25, -0.2) is 0 Å². The van der Waals surface area contributed by atoms with E-state index in [4.69, 9.17) is 9.47 Å². The van der Waals surface area contributed by atoms with Gasteiger partial charge in [0.1, 0.15) is 23.2 Å². The Morgan fingerprint density at radius 2 is 1.59 bits per heavy atom. The second-order valence-electron chi connectivity index (χ2n) is 5.33. The molecular weight excluding hydrogens is 294 g/mol. The summed E-state index contributed by atoms with van der Waals surface area (Å²) < 4.78 is 15.5. The van der Waals surface area contributed by atoms with Crippen LogP contribution in [0.5, 0.6) is 11.5 Å². The summed E-state index contributed by atoms with van der Waals surface area (Å²) in [7, 11) is 5.48. The lowest BCUT2D eigenvalue weighted by Crippen LogP contribution is -2.28. The first kappa shape index (κ1) is 13.3. The maximum absolute atomic E-state index is 5.39. The van der Waals surface area contributed by atoms with Crippen molar-refractivity contribution in [3.05, 3.63) is 42.6 Å². The number of hydrogen-bond acceptors (Lipinski definition) is 3. The number of pyridine rings is 1. The van der Waals surface area contributed by atoms with Crippen molar-refractivity contribution in [1.29, 1.82) is 0 Å². The Morgan fingerprint density at radius 1 is 0.864 bits per heavy atom. The van der Waals surface area contributed by atoms with Crippen molar-refractivity contribution in [2.24, 2.45) is 7.05 Å². The summed E-state index contributed by atoms with van der Waals surface area (Å²) in [6, 6.07) is 12.5. The van der Waals surface area contributed by atoms with Gasteiger partial charge in [-0.2, -0.15) is 4.57 Å². The predicted molar refractivity (Wildman–Crippen MR) is 91.1 cm³/mol. The zero-order chi connectivity index (χ0) is 15.3. The van der Waals surface area contributed by atoms with E-state index in [-0.39, 0.29) is 0 Å². The molecule has 0 atom stereocenters. The van der Waals surface area contributed by atoms with Crippen molar-refractivity contribution in [3.63, 3.8) is 0 Å². The molecule has 0 bridgehead atoms. The zero-order valence-electron chi connectivity index (χ0n) is 12.7. The number of nitrogens with zero attached hydrogens (tertiary/aromatic N) is 1. The molecule has 0 amide bonds. The number of benzene rings is 2. The van der Waals surface area contributed by atoms with Gasteiger partial charge in [0.15, 0.2) is 6.20 Å². The topological polar surface area (TPSA) is 22.3 Å². The number of methoxy groups -OCH3 is 2. The second kappa shape index (κ2) is 4.85. The van der Waals surface area contributed by atoms with Gasteiger partial charge in [-0.05, 0) is 30.3 Å². The fourth-order valence-electron chi connectivity index (χ4n) is 2.98. The normalized spacial score (nSPS) is 11.4. The largest absolute Gasteiger partial charge is 0.497 e. The van der Waals surface area contributed by atoms with Gasteiger partial charge in [0.25, 0.3) is 0 Å². The first-order chi connectivity index (χ1) is 10.7. The first-order valence-corrected chi connectivity index (χ1v) is 7.89. The Labute approximate surface area is 132 Å². The van der Waals surface area contributed by atoms with Crippen LogP contribution >= 0.6 is 11.3 Å². The van der Waals surface area contributed by atoms with E-state index in [1.807, 2.05) is 23.5 Å². The van der Waals surface area contributed by atoms with Crippen LogP contribution in [-0.4, -0.2) is 14.2 Å². The van der Waals surface area contributed by atoms with Crippen molar-refractivity contribution >= 4 is 42.4 Å². The zero-order valence-corrected chi connectivity index (χ0v) is 13.5. The summed E-state index contributed by atoms with van der Waals surface area (Å²) in [5, 5.41) is 3.77. The molecule has 0 saturated carbocycles. The first-order valence-electron chi connectivity index (χ1n) is 7.08. The van der Waals surface area contributed by atoms with Crippen LogP contribution in [0.1, 0.15) is 0 Å². The third-order valence-electron chi connectivity index (χ3n) is 4.09.